The lowest BCUT2D eigenvalue weighted by Crippen LogP contribution is -2.25. The van der Waals surface area contributed by atoms with Gasteiger partial charge in [0.25, 0.3) is 11.8 Å². The summed E-state index contributed by atoms with van der Waals surface area (Å²) in [6.07, 6.45) is 0. The van der Waals surface area contributed by atoms with Crippen molar-refractivity contribution in [2.45, 2.75) is 0 Å². The normalized spacial score (nSPS) is 12.9. The van der Waals surface area contributed by atoms with Crippen molar-refractivity contribution in [3.8, 4) is 5.75 Å². The number of hydrogen-bond donors (Lipinski definition) is 2. The smallest absolute Gasteiger partial charge is 0.262 e. The summed E-state index contributed by atoms with van der Waals surface area (Å²) in [5.41, 5.74) is 1.76. The predicted molar refractivity (Wildman–Crippen MR) is 82.7 cm³/mol. The van der Waals surface area contributed by atoms with Gasteiger partial charge in [-0.3, -0.25) is 9.59 Å². The van der Waals surface area contributed by atoms with E-state index in [1.165, 1.54) is 0 Å². The molecule has 106 valence electrons. The maximum Gasteiger partial charge on any atom is 0.262 e. The van der Waals surface area contributed by atoms with Gasteiger partial charge >= 0.3 is 0 Å². The van der Waals surface area contributed by atoms with Gasteiger partial charge in [0.05, 0.1) is 5.69 Å². The molecule has 0 fully saturated rings. The van der Waals surface area contributed by atoms with Crippen LogP contribution in [0.3, 0.4) is 0 Å². The van der Waals surface area contributed by atoms with Crippen LogP contribution in [0.4, 0.5) is 11.4 Å². The summed E-state index contributed by atoms with van der Waals surface area (Å²) in [6, 6.07) is 12.2. The van der Waals surface area contributed by atoms with E-state index in [9.17, 15) is 9.59 Å². The van der Waals surface area contributed by atoms with E-state index in [0.29, 0.717) is 22.7 Å². The number of benzene rings is 2. The largest absolute Gasteiger partial charge is 0.482 e. The third-order valence-corrected chi connectivity index (χ3v) is 3.45. The molecular weight excluding hydrogens is 336 g/mol. The van der Waals surface area contributed by atoms with E-state index in [2.05, 4.69) is 26.6 Å². The summed E-state index contributed by atoms with van der Waals surface area (Å²) in [5.74, 6) is 0.145. The SMILES string of the molecule is O=C1COc2cc(NC(=O)c3cccc(Br)c3)ccc2N1. The van der Waals surface area contributed by atoms with Gasteiger partial charge in [-0.15, -0.1) is 0 Å². The van der Waals surface area contributed by atoms with E-state index in [0.717, 1.165) is 4.47 Å². The van der Waals surface area contributed by atoms with Gasteiger partial charge in [-0.1, -0.05) is 22.0 Å². The molecule has 1 aliphatic heterocycles. The Morgan fingerprint density at radius 2 is 2.10 bits per heavy atom. The lowest BCUT2D eigenvalue weighted by molar-refractivity contribution is -0.118. The Morgan fingerprint density at radius 3 is 2.90 bits per heavy atom. The van der Waals surface area contributed by atoms with Crippen molar-refractivity contribution < 1.29 is 14.3 Å². The Labute approximate surface area is 129 Å². The minimum absolute atomic E-state index is 0.0178. The highest BCUT2D eigenvalue weighted by Gasteiger charge is 2.16. The van der Waals surface area contributed by atoms with Crippen molar-refractivity contribution in [1.29, 1.82) is 0 Å². The van der Waals surface area contributed by atoms with Crippen LogP contribution in [0.15, 0.2) is 46.9 Å². The number of anilines is 2. The van der Waals surface area contributed by atoms with Crippen LogP contribution in [0.2, 0.25) is 0 Å². The van der Waals surface area contributed by atoms with Gasteiger partial charge in [0, 0.05) is 21.8 Å². The van der Waals surface area contributed by atoms with Crippen LogP contribution in [0.1, 0.15) is 10.4 Å². The third-order valence-electron chi connectivity index (χ3n) is 2.96. The average Bonchev–Trinajstić information content (AvgIpc) is 2.47. The minimum Gasteiger partial charge on any atom is -0.482 e. The lowest BCUT2D eigenvalue weighted by atomic mass is 10.2. The fraction of sp³-hybridized carbons (Fsp3) is 0.0667. The summed E-state index contributed by atoms with van der Waals surface area (Å²) in [4.78, 5) is 23.3. The number of nitrogens with one attached hydrogen (secondary N) is 2. The Kier molecular flexibility index (Phi) is 3.62. The zero-order valence-corrected chi connectivity index (χ0v) is 12.4. The molecule has 0 bridgehead atoms. The second-order valence-corrected chi connectivity index (χ2v) is 5.43. The van der Waals surface area contributed by atoms with Gasteiger partial charge in [0.2, 0.25) is 0 Å². The zero-order valence-electron chi connectivity index (χ0n) is 10.9. The highest BCUT2D eigenvalue weighted by Crippen LogP contribution is 2.30. The first-order valence-corrected chi connectivity index (χ1v) is 7.05. The minimum atomic E-state index is -0.212. The molecule has 0 aliphatic carbocycles. The molecule has 3 rings (SSSR count). The first kappa shape index (κ1) is 13.6. The van der Waals surface area contributed by atoms with Gasteiger partial charge in [-0.2, -0.15) is 0 Å². The van der Waals surface area contributed by atoms with E-state index in [1.54, 1.807) is 36.4 Å². The Bertz CT molecular complexity index is 731. The van der Waals surface area contributed by atoms with Crippen molar-refractivity contribution in [2.24, 2.45) is 0 Å². The van der Waals surface area contributed by atoms with Gasteiger partial charge in [0.15, 0.2) is 6.61 Å². The molecular formula is C15H11BrN2O3. The van der Waals surface area contributed by atoms with E-state index >= 15 is 0 Å². The molecule has 0 unspecified atom stereocenters. The van der Waals surface area contributed by atoms with E-state index in [1.807, 2.05) is 6.07 Å². The van der Waals surface area contributed by atoms with E-state index < -0.39 is 0 Å². The molecule has 0 saturated carbocycles. The summed E-state index contributed by atoms with van der Waals surface area (Å²) < 4.78 is 6.15. The number of carbonyl (C=O) groups excluding carboxylic acids is 2. The zero-order chi connectivity index (χ0) is 14.8. The summed E-state index contributed by atoms with van der Waals surface area (Å²) in [6.45, 7) is -0.0178. The molecule has 2 aromatic carbocycles. The predicted octanol–water partition coefficient (Wildman–Crippen LogP) is 3.03. The van der Waals surface area contributed by atoms with Crippen molar-refractivity contribution >= 4 is 39.1 Å². The standard InChI is InChI=1S/C15H11BrN2O3/c16-10-3-1-2-9(6-10)15(20)17-11-4-5-12-13(7-11)21-8-14(19)18-12/h1-7H,8H2,(H,17,20)(H,18,19). The molecule has 0 aromatic heterocycles. The van der Waals surface area contributed by atoms with E-state index in [-0.39, 0.29) is 18.4 Å². The van der Waals surface area contributed by atoms with Crippen LogP contribution in [0.25, 0.3) is 0 Å². The number of carbonyl (C=O) groups is 2. The average molecular weight is 347 g/mol. The van der Waals surface area contributed by atoms with Crippen molar-refractivity contribution in [3.63, 3.8) is 0 Å². The molecule has 0 atom stereocenters. The second-order valence-electron chi connectivity index (χ2n) is 4.51. The number of rotatable bonds is 2. The van der Waals surface area contributed by atoms with Crippen LogP contribution in [-0.2, 0) is 4.79 Å². The van der Waals surface area contributed by atoms with Crippen molar-refractivity contribution in [1.82, 2.24) is 0 Å². The quantitative estimate of drug-likeness (QED) is 0.878. The number of ether oxygens (including phenoxy) is 1. The Balaban J connectivity index is 1.79. The topological polar surface area (TPSA) is 67.4 Å². The van der Waals surface area contributed by atoms with E-state index in [4.69, 9.17) is 4.74 Å². The monoisotopic (exact) mass is 346 g/mol. The first-order chi connectivity index (χ1) is 10.1. The van der Waals surface area contributed by atoms with Crippen LogP contribution < -0.4 is 15.4 Å². The maximum atomic E-state index is 12.1. The highest BCUT2D eigenvalue weighted by atomic mass is 79.9. The van der Waals surface area contributed by atoms with Gasteiger partial charge < -0.3 is 15.4 Å². The molecule has 2 aromatic rings. The highest BCUT2D eigenvalue weighted by molar-refractivity contribution is 9.10. The van der Waals surface area contributed by atoms with Crippen LogP contribution in [-0.4, -0.2) is 18.4 Å². The molecule has 1 aliphatic rings. The van der Waals surface area contributed by atoms with Crippen molar-refractivity contribution in [3.05, 3.63) is 52.5 Å². The fourth-order valence-electron chi connectivity index (χ4n) is 1.99. The summed E-state index contributed by atoms with van der Waals surface area (Å²) in [5, 5.41) is 5.49. The Morgan fingerprint density at radius 1 is 1.24 bits per heavy atom. The summed E-state index contributed by atoms with van der Waals surface area (Å²) >= 11 is 3.33. The maximum absolute atomic E-state index is 12.1. The molecule has 0 radical (unpaired) electrons. The van der Waals surface area contributed by atoms with Gasteiger partial charge in [-0.05, 0) is 30.3 Å². The van der Waals surface area contributed by atoms with Crippen LogP contribution in [0, 0.1) is 0 Å². The van der Waals surface area contributed by atoms with Crippen LogP contribution in [0.5, 0.6) is 5.75 Å². The molecule has 2 amide bonds. The first-order valence-electron chi connectivity index (χ1n) is 6.25. The number of fused-ring (bicyclic) bond motifs is 1. The summed E-state index contributed by atoms with van der Waals surface area (Å²) in [7, 11) is 0. The van der Waals surface area contributed by atoms with Gasteiger partial charge in [0.1, 0.15) is 5.75 Å². The number of halogens is 1. The molecule has 5 nitrogen and oxygen atoms in total. The number of amides is 2. The molecule has 21 heavy (non-hydrogen) atoms. The van der Waals surface area contributed by atoms with Crippen molar-refractivity contribution in [2.75, 3.05) is 17.2 Å². The molecule has 6 heteroatoms. The fourth-order valence-corrected chi connectivity index (χ4v) is 2.38. The molecule has 0 saturated heterocycles. The lowest BCUT2D eigenvalue weighted by Gasteiger charge is -2.18. The molecule has 0 spiro atoms. The van der Waals surface area contributed by atoms with Crippen LogP contribution >= 0.6 is 15.9 Å². The Hall–Kier alpha value is -2.34. The molecule has 2 N–H and O–H groups in total. The number of hydrogen-bond acceptors (Lipinski definition) is 3. The second kappa shape index (κ2) is 5.57. The molecule has 1 heterocycles. The third kappa shape index (κ3) is 3.05. The van der Waals surface area contributed by atoms with Gasteiger partial charge in [-0.25, -0.2) is 0 Å².